The van der Waals surface area contributed by atoms with Crippen LogP contribution in [0.2, 0.25) is 5.02 Å². The molecule has 2 aromatic heterocycles. The summed E-state index contributed by atoms with van der Waals surface area (Å²) in [6.45, 7) is 0. The molecule has 3 aromatic rings. The molecule has 0 amide bonds. The van der Waals surface area contributed by atoms with Crippen LogP contribution >= 0.6 is 11.6 Å². The van der Waals surface area contributed by atoms with E-state index in [2.05, 4.69) is 9.97 Å². The Bertz CT molecular complexity index is 851. The van der Waals surface area contributed by atoms with Crippen molar-refractivity contribution < 1.29 is 0 Å². The molecule has 0 aliphatic heterocycles. The van der Waals surface area contributed by atoms with Crippen molar-refractivity contribution in [3.05, 3.63) is 41.3 Å². The quantitative estimate of drug-likeness (QED) is 0.713. The minimum atomic E-state index is 0.428. The second-order valence-corrected chi connectivity index (χ2v) is 5.75. The molecule has 1 aliphatic rings. The fourth-order valence-electron chi connectivity index (χ4n) is 2.62. The number of nitrogen functional groups attached to an aromatic ring is 2. The number of benzene rings is 1. The van der Waals surface area contributed by atoms with Crippen molar-refractivity contribution in [2.75, 3.05) is 11.6 Å². The molecule has 106 valence electrons. The van der Waals surface area contributed by atoms with Crippen LogP contribution in [0.3, 0.4) is 0 Å². The number of rotatable bonds is 2. The lowest BCUT2D eigenvalue weighted by Gasteiger charge is -2.06. The number of halogens is 1. The summed E-state index contributed by atoms with van der Waals surface area (Å²) in [6.07, 6.45) is 3.97. The van der Waals surface area contributed by atoms with Crippen molar-refractivity contribution in [2.24, 2.45) is 0 Å². The average Bonchev–Trinajstić information content (AvgIpc) is 3.29. The van der Waals surface area contributed by atoms with E-state index in [-0.39, 0.29) is 0 Å². The van der Waals surface area contributed by atoms with Gasteiger partial charge in [0.2, 0.25) is 0 Å². The van der Waals surface area contributed by atoms with E-state index in [0.29, 0.717) is 22.5 Å². The van der Waals surface area contributed by atoms with Gasteiger partial charge in [-0.15, -0.1) is 0 Å². The molecular formula is C15H14ClN5. The van der Waals surface area contributed by atoms with Crippen molar-refractivity contribution >= 4 is 28.3 Å². The maximum absolute atomic E-state index is 6.23. The number of hydrogen-bond donors (Lipinski definition) is 2. The summed E-state index contributed by atoms with van der Waals surface area (Å²) in [4.78, 5) is 9.08. The Labute approximate surface area is 126 Å². The van der Waals surface area contributed by atoms with Crippen molar-refractivity contribution in [1.29, 1.82) is 0 Å². The van der Waals surface area contributed by atoms with Crippen molar-refractivity contribution in [2.45, 2.75) is 18.8 Å². The van der Waals surface area contributed by atoms with Crippen LogP contribution in [0, 0.1) is 0 Å². The smallest absolute Gasteiger partial charge is 0.150 e. The van der Waals surface area contributed by atoms with Gasteiger partial charge in [-0.3, -0.25) is 4.98 Å². The van der Waals surface area contributed by atoms with Gasteiger partial charge in [-0.2, -0.15) is 0 Å². The van der Waals surface area contributed by atoms with Crippen LogP contribution in [-0.2, 0) is 0 Å². The number of hydrogen-bond acceptors (Lipinski definition) is 4. The first kappa shape index (κ1) is 12.5. The Morgan fingerprint density at radius 1 is 1.24 bits per heavy atom. The van der Waals surface area contributed by atoms with Crippen LogP contribution in [0.5, 0.6) is 0 Å². The molecule has 2 heterocycles. The van der Waals surface area contributed by atoms with Crippen LogP contribution < -0.4 is 11.6 Å². The fraction of sp³-hybridized carbons (Fsp3) is 0.200. The van der Waals surface area contributed by atoms with E-state index >= 15 is 0 Å². The molecule has 1 aliphatic carbocycles. The number of aromatic nitrogens is 3. The standard InChI is InChI=1S/C15H14ClN5/c16-11-6-5-10(12-9(11)2-1-7-19-12)13-14(17)21(18)15(20-13)8-3-4-8/h1-2,5-8H,3-4,17-18H2. The van der Waals surface area contributed by atoms with E-state index in [1.54, 1.807) is 6.20 Å². The largest absolute Gasteiger partial charge is 0.382 e. The number of nitrogens with zero attached hydrogens (tertiary/aromatic N) is 3. The van der Waals surface area contributed by atoms with E-state index in [1.165, 1.54) is 4.68 Å². The van der Waals surface area contributed by atoms with Crippen LogP contribution in [0.4, 0.5) is 5.82 Å². The molecule has 1 aromatic carbocycles. The lowest BCUT2D eigenvalue weighted by molar-refractivity contribution is 0.855. The molecule has 0 saturated heterocycles. The third kappa shape index (κ3) is 1.85. The first-order valence-corrected chi connectivity index (χ1v) is 7.21. The van der Waals surface area contributed by atoms with E-state index in [4.69, 9.17) is 23.2 Å². The summed E-state index contributed by atoms with van der Waals surface area (Å²) in [7, 11) is 0. The molecule has 4 N–H and O–H groups in total. The number of pyridine rings is 1. The highest BCUT2D eigenvalue weighted by Gasteiger charge is 2.31. The topological polar surface area (TPSA) is 82.8 Å². The number of fused-ring (bicyclic) bond motifs is 1. The van der Waals surface area contributed by atoms with Gasteiger partial charge in [0.15, 0.2) is 5.82 Å². The lowest BCUT2D eigenvalue weighted by atomic mass is 10.1. The maximum Gasteiger partial charge on any atom is 0.150 e. The highest BCUT2D eigenvalue weighted by Crippen LogP contribution is 2.42. The third-order valence-corrected chi connectivity index (χ3v) is 4.22. The maximum atomic E-state index is 6.23. The van der Waals surface area contributed by atoms with Crippen molar-refractivity contribution in [3.8, 4) is 11.3 Å². The monoisotopic (exact) mass is 299 g/mol. The Kier molecular flexibility index (Phi) is 2.59. The van der Waals surface area contributed by atoms with E-state index in [9.17, 15) is 0 Å². The summed E-state index contributed by atoms with van der Waals surface area (Å²) in [6, 6.07) is 7.53. The Balaban J connectivity index is 1.99. The summed E-state index contributed by atoms with van der Waals surface area (Å²) < 4.78 is 1.50. The van der Waals surface area contributed by atoms with E-state index < -0.39 is 0 Å². The molecule has 4 rings (SSSR count). The molecule has 0 unspecified atom stereocenters. The van der Waals surface area contributed by atoms with Crippen LogP contribution in [0.25, 0.3) is 22.2 Å². The highest BCUT2D eigenvalue weighted by molar-refractivity contribution is 6.35. The molecule has 0 bridgehead atoms. The van der Waals surface area contributed by atoms with Gasteiger partial charge in [-0.1, -0.05) is 11.6 Å². The normalized spacial score (nSPS) is 14.7. The summed E-state index contributed by atoms with van der Waals surface area (Å²) in [5, 5.41) is 1.55. The zero-order valence-electron chi connectivity index (χ0n) is 11.3. The van der Waals surface area contributed by atoms with E-state index in [1.807, 2.05) is 24.3 Å². The third-order valence-electron chi connectivity index (χ3n) is 3.89. The average molecular weight is 300 g/mol. The first-order chi connectivity index (χ1) is 10.2. The molecule has 5 nitrogen and oxygen atoms in total. The van der Waals surface area contributed by atoms with Crippen LogP contribution in [0.15, 0.2) is 30.5 Å². The molecule has 1 saturated carbocycles. The minimum absolute atomic E-state index is 0.428. The molecule has 6 heteroatoms. The van der Waals surface area contributed by atoms with Gasteiger partial charge < -0.3 is 11.6 Å². The van der Waals surface area contributed by atoms with Gasteiger partial charge in [0.1, 0.15) is 11.5 Å². The molecule has 1 fully saturated rings. The van der Waals surface area contributed by atoms with Gasteiger partial charge >= 0.3 is 0 Å². The Hall–Kier alpha value is -2.27. The molecule has 21 heavy (non-hydrogen) atoms. The van der Waals surface area contributed by atoms with Crippen molar-refractivity contribution in [3.63, 3.8) is 0 Å². The molecular weight excluding hydrogens is 286 g/mol. The minimum Gasteiger partial charge on any atom is -0.382 e. The lowest BCUT2D eigenvalue weighted by Crippen LogP contribution is -2.14. The van der Waals surface area contributed by atoms with Crippen LogP contribution in [0.1, 0.15) is 24.6 Å². The van der Waals surface area contributed by atoms with Gasteiger partial charge in [0.25, 0.3) is 0 Å². The SMILES string of the molecule is Nc1c(-c2ccc(Cl)c3cccnc23)nc(C2CC2)n1N. The predicted molar refractivity (Wildman–Crippen MR) is 84.5 cm³/mol. The number of anilines is 1. The fourth-order valence-corrected chi connectivity index (χ4v) is 2.84. The molecule has 0 atom stereocenters. The van der Waals surface area contributed by atoms with Crippen molar-refractivity contribution in [1.82, 2.24) is 14.6 Å². The van der Waals surface area contributed by atoms with Crippen LogP contribution in [-0.4, -0.2) is 14.6 Å². The summed E-state index contributed by atoms with van der Waals surface area (Å²) in [5.74, 6) is 7.78. The zero-order chi connectivity index (χ0) is 14.6. The van der Waals surface area contributed by atoms with Gasteiger partial charge in [0.05, 0.1) is 10.5 Å². The first-order valence-electron chi connectivity index (χ1n) is 6.83. The van der Waals surface area contributed by atoms with E-state index in [0.717, 1.165) is 35.1 Å². The number of imidazole rings is 1. The summed E-state index contributed by atoms with van der Waals surface area (Å²) in [5.41, 5.74) is 8.47. The summed E-state index contributed by atoms with van der Waals surface area (Å²) >= 11 is 6.23. The predicted octanol–water partition coefficient (Wildman–Crippen LogP) is 2.93. The Morgan fingerprint density at radius 3 is 2.81 bits per heavy atom. The van der Waals surface area contributed by atoms with Gasteiger partial charge in [-0.25, -0.2) is 9.66 Å². The Morgan fingerprint density at radius 2 is 2.05 bits per heavy atom. The molecule has 0 spiro atoms. The number of nitrogens with two attached hydrogens (primary N) is 2. The second kappa shape index (κ2) is 4.36. The highest BCUT2D eigenvalue weighted by atomic mass is 35.5. The van der Waals surface area contributed by atoms with Gasteiger partial charge in [-0.05, 0) is 37.1 Å². The second-order valence-electron chi connectivity index (χ2n) is 5.34. The molecule has 0 radical (unpaired) electrons. The van der Waals surface area contributed by atoms with Gasteiger partial charge in [0, 0.05) is 23.1 Å². The zero-order valence-corrected chi connectivity index (χ0v) is 12.0.